The Kier molecular flexibility index (Phi) is 3.62. The molecule has 2 heterocycles. The second-order valence-corrected chi connectivity index (χ2v) is 8.46. The zero-order valence-electron chi connectivity index (χ0n) is 11.4. The molecule has 3 aliphatic rings. The van der Waals surface area contributed by atoms with Gasteiger partial charge in [0.2, 0.25) is 10.0 Å². The van der Waals surface area contributed by atoms with Crippen molar-refractivity contribution in [1.29, 1.82) is 0 Å². The first-order valence-electron chi connectivity index (χ1n) is 7.33. The van der Waals surface area contributed by atoms with E-state index in [1.54, 1.807) is 4.31 Å². The van der Waals surface area contributed by atoms with E-state index in [0.717, 1.165) is 25.7 Å². The molecule has 2 aliphatic heterocycles. The molecule has 3 fully saturated rings. The lowest BCUT2D eigenvalue weighted by atomic mass is 9.66. The van der Waals surface area contributed by atoms with Gasteiger partial charge in [-0.25, -0.2) is 8.42 Å². The first-order chi connectivity index (χ1) is 9.02. The van der Waals surface area contributed by atoms with Gasteiger partial charge in [-0.1, -0.05) is 6.42 Å². The summed E-state index contributed by atoms with van der Waals surface area (Å²) in [6.07, 6.45) is 5.12. The van der Waals surface area contributed by atoms with Crippen LogP contribution in [0.1, 0.15) is 32.1 Å². The first-order valence-corrected chi connectivity index (χ1v) is 8.94. The Morgan fingerprint density at radius 3 is 2.47 bits per heavy atom. The fourth-order valence-electron chi connectivity index (χ4n) is 3.63. The van der Waals surface area contributed by atoms with Gasteiger partial charge in [-0.2, -0.15) is 4.31 Å². The van der Waals surface area contributed by atoms with E-state index in [4.69, 9.17) is 10.5 Å². The smallest absolute Gasteiger partial charge is 0.214 e. The van der Waals surface area contributed by atoms with E-state index in [2.05, 4.69) is 0 Å². The molecule has 0 aromatic rings. The molecule has 0 amide bonds. The standard InChI is InChI=1S/C13H24N2O3S/c14-12-8-15(10-13(12)4-1-5-13)19(16,17)9-11-2-6-18-7-3-11/h11-12H,1-10,14H2. The molecule has 6 heteroatoms. The molecule has 19 heavy (non-hydrogen) atoms. The summed E-state index contributed by atoms with van der Waals surface area (Å²) in [5, 5.41) is 0. The molecule has 3 rings (SSSR count). The summed E-state index contributed by atoms with van der Waals surface area (Å²) >= 11 is 0. The number of sulfonamides is 1. The average molecular weight is 288 g/mol. The highest BCUT2D eigenvalue weighted by molar-refractivity contribution is 7.89. The molecule has 0 aromatic heterocycles. The van der Waals surface area contributed by atoms with E-state index in [9.17, 15) is 8.42 Å². The van der Waals surface area contributed by atoms with Crippen LogP contribution in [-0.2, 0) is 14.8 Å². The van der Waals surface area contributed by atoms with E-state index in [-0.39, 0.29) is 23.1 Å². The van der Waals surface area contributed by atoms with Gasteiger partial charge in [0, 0.05) is 37.8 Å². The van der Waals surface area contributed by atoms with Gasteiger partial charge < -0.3 is 10.5 Å². The number of nitrogens with two attached hydrogens (primary N) is 1. The van der Waals surface area contributed by atoms with Crippen molar-refractivity contribution in [3.63, 3.8) is 0 Å². The zero-order chi connectivity index (χ0) is 13.5. The highest BCUT2D eigenvalue weighted by Gasteiger charge is 2.51. The number of nitrogens with zero attached hydrogens (tertiary/aromatic N) is 1. The Hall–Kier alpha value is -0.170. The molecule has 1 spiro atoms. The van der Waals surface area contributed by atoms with E-state index in [0.29, 0.717) is 26.3 Å². The van der Waals surface area contributed by atoms with Gasteiger partial charge in [-0.15, -0.1) is 0 Å². The monoisotopic (exact) mass is 288 g/mol. The predicted molar refractivity (Wildman–Crippen MR) is 73.2 cm³/mol. The Morgan fingerprint density at radius 1 is 1.26 bits per heavy atom. The average Bonchev–Trinajstić information content (AvgIpc) is 2.68. The summed E-state index contributed by atoms with van der Waals surface area (Å²) in [6, 6.07) is 0.0331. The summed E-state index contributed by atoms with van der Waals surface area (Å²) in [5.74, 6) is 0.534. The van der Waals surface area contributed by atoms with Gasteiger partial charge >= 0.3 is 0 Å². The lowest BCUT2D eigenvalue weighted by Crippen LogP contribution is -2.45. The van der Waals surface area contributed by atoms with Crippen molar-refractivity contribution in [1.82, 2.24) is 4.31 Å². The maximum Gasteiger partial charge on any atom is 0.214 e. The van der Waals surface area contributed by atoms with Gasteiger partial charge in [-0.05, 0) is 31.6 Å². The van der Waals surface area contributed by atoms with Gasteiger partial charge in [0.15, 0.2) is 0 Å². The molecule has 2 N–H and O–H groups in total. The lowest BCUT2D eigenvalue weighted by molar-refractivity contribution is 0.0720. The number of hydrogen-bond donors (Lipinski definition) is 1. The van der Waals surface area contributed by atoms with Crippen LogP contribution >= 0.6 is 0 Å². The zero-order valence-corrected chi connectivity index (χ0v) is 12.2. The van der Waals surface area contributed by atoms with Crippen molar-refractivity contribution in [2.75, 3.05) is 32.1 Å². The van der Waals surface area contributed by atoms with Gasteiger partial charge in [0.1, 0.15) is 0 Å². The van der Waals surface area contributed by atoms with Gasteiger partial charge in [0.25, 0.3) is 0 Å². The van der Waals surface area contributed by atoms with Crippen molar-refractivity contribution in [3.8, 4) is 0 Å². The predicted octanol–water partition coefficient (Wildman–Crippen LogP) is 0.556. The molecular formula is C13H24N2O3S. The van der Waals surface area contributed by atoms with Crippen molar-refractivity contribution in [2.45, 2.75) is 38.1 Å². The number of ether oxygens (including phenoxy) is 1. The second kappa shape index (κ2) is 4.98. The maximum atomic E-state index is 12.5. The molecule has 2 saturated heterocycles. The van der Waals surface area contributed by atoms with Crippen LogP contribution in [0.3, 0.4) is 0 Å². The van der Waals surface area contributed by atoms with Crippen LogP contribution in [0.2, 0.25) is 0 Å². The SMILES string of the molecule is NC1CN(S(=O)(=O)CC2CCOCC2)CC12CCC2. The van der Waals surface area contributed by atoms with Crippen LogP contribution < -0.4 is 5.73 Å². The number of hydrogen-bond acceptors (Lipinski definition) is 4. The fraction of sp³-hybridized carbons (Fsp3) is 1.00. The third-order valence-electron chi connectivity index (χ3n) is 5.21. The first kappa shape index (κ1) is 13.8. The third-order valence-corrected chi connectivity index (χ3v) is 7.17. The van der Waals surface area contributed by atoms with E-state index in [1.165, 1.54) is 6.42 Å². The van der Waals surface area contributed by atoms with E-state index >= 15 is 0 Å². The Morgan fingerprint density at radius 2 is 1.95 bits per heavy atom. The molecule has 5 nitrogen and oxygen atoms in total. The van der Waals surface area contributed by atoms with Crippen LogP contribution in [0.25, 0.3) is 0 Å². The van der Waals surface area contributed by atoms with Crippen molar-refractivity contribution < 1.29 is 13.2 Å². The third kappa shape index (κ3) is 2.55. The molecule has 0 bridgehead atoms. The summed E-state index contributed by atoms with van der Waals surface area (Å²) in [4.78, 5) is 0. The van der Waals surface area contributed by atoms with E-state index in [1.807, 2.05) is 0 Å². The fourth-order valence-corrected chi connectivity index (χ4v) is 5.62. The Labute approximate surface area is 115 Å². The van der Waals surface area contributed by atoms with Crippen molar-refractivity contribution in [2.24, 2.45) is 17.1 Å². The second-order valence-electron chi connectivity index (χ2n) is 6.45. The van der Waals surface area contributed by atoms with Crippen LogP contribution in [0, 0.1) is 11.3 Å². The Bertz CT molecular complexity index is 427. The van der Waals surface area contributed by atoms with Crippen LogP contribution in [0.5, 0.6) is 0 Å². The molecule has 110 valence electrons. The summed E-state index contributed by atoms with van der Waals surface area (Å²) < 4.78 is 32.0. The van der Waals surface area contributed by atoms with Crippen LogP contribution in [0.4, 0.5) is 0 Å². The molecule has 0 radical (unpaired) electrons. The molecule has 1 aliphatic carbocycles. The minimum absolute atomic E-state index is 0.0331. The Balaban J connectivity index is 1.64. The summed E-state index contributed by atoms with van der Waals surface area (Å²) in [6.45, 7) is 2.57. The largest absolute Gasteiger partial charge is 0.381 e. The normalized spacial score (nSPS) is 32.6. The van der Waals surface area contributed by atoms with E-state index < -0.39 is 10.0 Å². The van der Waals surface area contributed by atoms with Gasteiger partial charge in [-0.3, -0.25) is 0 Å². The minimum atomic E-state index is -3.14. The van der Waals surface area contributed by atoms with Gasteiger partial charge in [0.05, 0.1) is 5.75 Å². The quantitative estimate of drug-likeness (QED) is 0.823. The maximum absolute atomic E-state index is 12.5. The highest BCUT2D eigenvalue weighted by Crippen LogP contribution is 2.48. The molecule has 1 atom stereocenters. The van der Waals surface area contributed by atoms with Crippen molar-refractivity contribution >= 4 is 10.0 Å². The molecule has 0 aromatic carbocycles. The van der Waals surface area contributed by atoms with Crippen molar-refractivity contribution in [3.05, 3.63) is 0 Å². The molecular weight excluding hydrogens is 264 g/mol. The minimum Gasteiger partial charge on any atom is -0.381 e. The number of rotatable bonds is 3. The summed E-state index contributed by atoms with van der Waals surface area (Å²) in [5.41, 5.74) is 6.27. The topological polar surface area (TPSA) is 72.6 Å². The van der Waals surface area contributed by atoms with Crippen LogP contribution in [-0.4, -0.2) is 50.8 Å². The van der Waals surface area contributed by atoms with Crippen LogP contribution in [0.15, 0.2) is 0 Å². The highest BCUT2D eigenvalue weighted by atomic mass is 32.2. The molecule has 1 unspecified atom stereocenters. The molecule has 1 saturated carbocycles. The lowest BCUT2D eigenvalue weighted by Gasteiger charge is -2.41. The summed E-state index contributed by atoms with van der Waals surface area (Å²) in [7, 11) is -3.14.